The summed E-state index contributed by atoms with van der Waals surface area (Å²) in [5.41, 5.74) is 0. The first-order valence-corrected chi connectivity index (χ1v) is 3.34. The van der Waals surface area contributed by atoms with E-state index >= 15 is 0 Å². The van der Waals surface area contributed by atoms with E-state index in [1.54, 1.807) is 11.9 Å². The maximum atomic E-state index is 10.2. The van der Waals surface area contributed by atoms with Crippen molar-refractivity contribution < 1.29 is 14.4 Å². The predicted molar refractivity (Wildman–Crippen MR) is 38.3 cm³/mol. The quantitative estimate of drug-likeness (QED) is 0.663. The van der Waals surface area contributed by atoms with Crippen LogP contribution in [0.5, 0.6) is 0 Å². The summed E-state index contributed by atoms with van der Waals surface area (Å²) in [6.07, 6.45) is 1.21. The van der Waals surface area contributed by atoms with Crippen LogP contribution in [0.1, 0.15) is 5.82 Å². The molecule has 0 saturated heterocycles. The second-order valence-corrected chi connectivity index (χ2v) is 2.41. The van der Waals surface area contributed by atoms with E-state index in [1.165, 1.54) is 6.39 Å². The zero-order valence-corrected chi connectivity index (χ0v) is 6.60. The van der Waals surface area contributed by atoms with E-state index in [-0.39, 0.29) is 6.54 Å². The minimum Gasteiger partial charge on any atom is -0.480 e. The van der Waals surface area contributed by atoms with Gasteiger partial charge in [-0.1, -0.05) is 5.16 Å². The Bertz CT molecular complexity index is 247. The molecule has 0 bridgehead atoms. The molecule has 0 saturated carbocycles. The highest BCUT2D eigenvalue weighted by Gasteiger charge is 2.07. The molecule has 0 aliphatic heterocycles. The molecule has 6 nitrogen and oxygen atoms in total. The molecular formula is C6H9N3O3. The Kier molecular flexibility index (Phi) is 2.76. The lowest BCUT2D eigenvalue weighted by Gasteiger charge is -2.09. The topological polar surface area (TPSA) is 79.5 Å². The normalized spacial score (nSPS) is 10.5. The van der Waals surface area contributed by atoms with E-state index in [0.717, 1.165) is 0 Å². The Morgan fingerprint density at radius 3 is 3.08 bits per heavy atom. The molecule has 0 amide bonds. The summed E-state index contributed by atoms with van der Waals surface area (Å²) in [4.78, 5) is 15.6. The fourth-order valence-corrected chi connectivity index (χ4v) is 0.790. The van der Waals surface area contributed by atoms with Gasteiger partial charge in [-0.05, 0) is 7.05 Å². The fourth-order valence-electron chi connectivity index (χ4n) is 0.790. The van der Waals surface area contributed by atoms with Crippen molar-refractivity contribution in [3.05, 3.63) is 12.2 Å². The lowest BCUT2D eigenvalue weighted by Crippen LogP contribution is -2.25. The Labute approximate surface area is 68.8 Å². The van der Waals surface area contributed by atoms with Crippen LogP contribution in [0.15, 0.2) is 10.9 Å². The van der Waals surface area contributed by atoms with Crippen molar-refractivity contribution in [3.63, 3.8) is 0 Å². The third-order valence-corrected chi connectivity index (χ3v) is 1.22. The molecule has 0 atom stereocenters. The summed E-state index contributed by atoms with van der Waals surface area (Å²) in [5.74, 6) is -0.389. The van der Waals surface area contributed by atoms with Crippen molar-refractivity contribution in [2.45, 2.75) is 6.54 Å². The molecule has 1 heterocycles. The summed E-state index contributed by atoms with van der Waals surface area (Å²) < 4.78 is 4.49. The Morgan fingerprint density at radius 2 is 2.58 bits per heavy atom. The van der Waals surface area contributed by atoms with Crippen LogP contribution < -0.4 is 0 Å². The molecule has 0 fully saturated rings. The lowest BCUT2D eigenvalue weighted by molar-refractivity contribution is -0.138. The number of hydrogen-bond acceptors (Lipinski definition) is 5. The highest BCUT2D eigenvalue weighted by molar-refractivity contribution is 5.68. The molecule has 0 radical (unpaired) electrons. The van der Waals surface area contributed by atoms with Gasteiger partial charge in [-0.3, -0.25) is 9.69 Å². The standard InChI is InChI=1S/C6H9N3O3/c1-9(3-6(10)11)2-5-7-4-12-8-5/h4H,2-3H2,1H3,(H,10,11). The van der Waals surface area contributed by atoms with Crippen LogP contribution in [0.4, 0.5) is 0 Å². The molecule has 0 aromatic carbocycles. The van der Waals surface area contributed by atoms with Gasteiger partial charge in [-0.25, -0.2) is 0 Å². The van der Waals surface area contributed by atoms with E-state index in [1.807, 2.05) is 0 Å². The predicted octanol–water partition coefficient (Wildman–Crippen LogP) is -0.414. The highest BCUT2D eigenvalue weighted by Crippen LogP contribution is 1.93. The average molecular weight is 171 g/mol. The van der Waals surface area contributed by atoms with Crippen molar-refractivity contribution in [1.82, 2.24) is 15.0 Å². The van der Waals surface area contributed by atoms with Gasteiger partial charge in [0.25, 0.3) is 0 Å². The van der Waals surface area contributed by atoms with Crippen LogP contribution in [0.25, 0.3) is 0 Å². The zero-order chi connectivity index (χ0) is 8.97. The van der Waals surface area contributed by atoms with Gasteiger partial charge in [0.1, 0.15) is 0 Å². The fraction of sp³-hybridized carbons (Fsp3) is 0.500. The molecule has 1 aromatic heterocycles. The minimum absolute atomic E-state index is 0.0332. The number of carboxylic acid groups (broad SMARTS) is 1. The van der Waals surface area contributed by atoms with Gasteiger partial charge < -0.3 is 9.63 Å². The van der Waals surface area contributed by atoms with E-state index in [2.05, 4.69) is 14.7 Å². The van der Waals surface area contributed by atoms with Crippen LogP contribution in [0.2, 0.25) is 0 Å². The molecule has 0 unspecified atom stereocenters. The minimum atomic E-state index is -0.874. The second kappa shape index (κ2) is 3.82. The van der Waals surface area contributed by atoms with Gasteiger partial charge in [0, 0.05) is 0 Å². The molecular weight excluding hydrogens is 162 g/mol. The van der Waals surface area contributed by atoms with Crippen LogP contribution in [0, 0.1) is 0 Å². The van der Waals surface area contributed by atoms with Crippen molar-refractivity contribution in [1.29, 1.82) is 0 Å². The zero-order valence-electron chi connectivity index (χ0n) is 6.60. The molecule has 6 heteroatoms. The first kappa shape index (κ1) is 8.66. The molecule has 12 heavy (non-hydrogen) atoms. The number of nitrogens with zero attached hydrogens (tertiary/aromatic N) is 3. The first-order chi connectivity index (χ1) is 5.68. The van der Waals surface area contributed by atoms with Crippen LogP contribution in [-0.4, -0.2) is 39.7 Å². The molecule has 0 aliphatic rings. The van der Waals surface area contributed by atoms with Crippen LogP contribution in [0.3, 0.4) is 0 Å². The number of carboxylic acids is 1. The third kappa shape index (κ3) is 2.67. The molecule has 1 rings (SSSR count). The molecule has 0 spiro atoms. The number of rotatable bonds is 4. The van der Waals surface area contributed by atoms with Gasteiger partial charge in [0.2, 0.25) is 6.39 Å². The Balaban J connectivity index is 2.36. The molecule has 1 N–H and O–H groups in total. The van der Waals surface area contributed by atoms with Crippen LogP contribution >= 0.6 is 0 Å². The average Bonchev–Trinajstić information content (AvgIpc) is 2.37. The number of likely N-dealkylation sites (N-methyl/N-ethyl adjacent to an activating group) is 1. The molecule has 0 aliphatic carbocycles. The summed E-state index contributed by atoms with van der Waals surface area (Å²) in [5, 5.41) is 11.9. The van der Waals surface area contributed by atoms with Gasteiger partial charge in [0.05, 0.1) is 13.1 Å². The van der Waals surface area contributed by atoms with Gasteiger partial charge in [-0.15, -0.1) is 0 Å². The molecule has 66 valence electrons. The van der Waals surface area contributed by atoms with E-state index in [9.17, 15) is 4.79 Å². The van der Waals surface area contributed by atoms with Crippen molar-refractivity contribution in [3.8, 4) is 0 Å². The third-order valence-electron chi connectivity index (χ3n) is 1.22. The smallest absolute Gasteiger partial charge is 0.317 e. The second-order valence-electron chi connectivity index (χ2n) is 2.41. The van der Waals surface area contributed by atoms with Crippen molar-refractivity contribution in [2.75, 3.05) is 13.6 Å². The maximum Gasteiger partial charge on any atom is 0.317 e. The summed E-state index contributed by atoms with van der Waals surface area (Å²) in [7, 11) is 1.67. The molecule has 1 aromatic rings. The largest absolute Gasteiger partial charge is 0.480 e. The lowest BCUT2D eigenvalue weighted by atomic mass is 10.5. The van der Waals surface area contributed by atoms with Crippen molar-refractivity contribution >= 4 is 5.97 Å². The summed E-state index contributed by atoms with van der Waals surface area (Å²) in [6, 6.07) is 0. The number of aliphatic carboxylic acids is 1. The van der Waals surface area contributed by atoms with E-state index < -0.39 is 5.97 Å². The van der Waals surface area contributed by atoms with Gasteiger partial charge in [0.15, 0.2) is 5.82 Å². The van der Waals surface area contributed by atoms with E-state index in [0.29, 0.717) is 12.4 Å². The number of hydrogen-bond donors (Lipinski definition) is 1. The van der Waals surface area contributed by atoms with Gasteiger partial charge >= 0.3 is 5.97 Å². The highest BCUT2D eigenvalue weighted by atomic mass is 16.5. The monoisotopic (exact) mass is 171 g/mol. The SMILES string of the molecule is CN(CC(=O)O)Cc1ncon1. The number of carbonyl (C=O) groups is 1. The summed E-state index contributed by atoms with van der Waals surface area (Å²) >= 11 is 0. The van der Waals surface area contributed by atoms with Gasteiger partial charge in [-0.2, -0.15) is 4.98 Å². The Morgan fingerprint density at radius 1 is 1.83 bits per heavy atom. The van der Waals surface area contributed by atoms with E-state index in [4.69, 9.17) is 5.11 Å². The van der Waals surface area contributed by atoms with Crippen LogP contribution in [-0.2, 0) is 11.3 Å². The Hall–Kier alpha value is -1.43. The maximum absolute atomic E-state index is 10.2. The number of aromatic nitrogens is 2. The first-order valence-electron chi connectivity index (χ1n) is 3.34. The summed E-state index contributed by atoms with van der Waals surface area (Å²) in [6.45, 7) is 0.345. The van der Waals surface area contributed by atoms with Crippen molar-refractivity contribution in [2.24, 2.45) is 0 Å².